The van der Waals surface area contributed by atoms with Gasteiger partial charge in [0.05, 0.1) is 17.0 Å². The van der Waals surface area contributed by atoms with Gasteiger partial charge in [-0.2, -0.15) is 18.3 Å². The minimum Gasteiger partial charge on any atom is -0.371 e. The van der Waals surface area contributed by atoms with Crippen LogP contribution >= 0.6 is 11.8 Å². The summed E-state index contributed by atoms with van der Waals surface area (Å²) in [5, 5.41) is 14.4. The summed E-state index contributed by atoms with van der Waals surface area (Å²) in [7, 11) is 0. The van der Waals surface area contributed by atoms with Crippen molar-refractivity contribution in [2.75, 3.05) is 0 Å². The van der Waals surface area contributed by atoms with E-state index in [4.69, 9.17) is 0 Å². The molecule has 1 aromatic rings. The molecule has 0 fully saturated rings. The minimum atomic E-state index is -4.49. The molecule has 2 unspecified atom stereocenters. The van der Waals surface area contributed by atoms with Gasteiger partial charge in [-0.15, -0.1) is 0 Å². The molecule has 0 bridgehead atoms. The van der Waals surface area contributed by atoms with Gasteiger partial charge in [0, 0.05) is 11.8 Å². The van der Waals surface area contributed by atoms with E-state index in [0.29, 0.717) is 11.5 Å². The zero-order valence-electron chi connectivity index (χ0n) is 15.5. The van der Waals surface area contributed by atoms with E-state index in [1.165, 1.54) is 35.0 Å². The number of amides is 1. The molecule has 0 aromatic heterocycles. The Hall–Kier alpha value is -2.88. The summed E-state index contributed by atoms with van der Waals surface area (Å²) in [6.45, 7) is 3.67. The van der Waals surface area contributed by atoms with Crippen molar-refractivity contribution in [2.45, 2.75) is 31.6 Å². The third-order valence-electron chi connectivity index (χ3n) is 4.59. The van der Waals surface area contributed by atoms with Crippen LogP contribution in [0, 0.1) is 0 Å². The van der Waals surface area contributed by atoms with Crippen LogP contribution in [0.3, 0.4) is 0 Å². The van der Waals surface area contributed by atoms with Crippen LogP contribution in [-0.4, -0.2) is 28.2 Å². The van der Waals surface area contributed by atoms with Crippen molar-refractivity contribution in [3.63, 3.8) is 0 Å². The molecule has 4 rings (SSSR count). The molecule has 3 N–H and O–H groups in total. The number of rotatable bonds is 3. The van der Waals surface area contributed by atoms with Crippen molar-refractivity contribution in [3.05, 3.63) is 70.2 Å². The predicted molar refractivity (Wildman–Crippen MR) is 105 cm³/mol. The Morgan fingerprint density at radius 3 is 2.72 bits per heavy atom. The van der Waals surface area contributed by atoms with Crippen LogP contribution in [0.15, 0.2) is 64.1 Å². The highest BCUT2D eigenvalue weighted by Gasteiger charge is 2.37. The molecular formula is C19H18F3N5OS. The first kappa shape index (κ1) is 19.4. The largest absolute Gasteiger partial charge is 0.417 e. The lowest BCUT2D eigenvalue weighted by molar-refractivity contribution is -0.137. The van der Waals surface area contributed by atoms with E-state index in [2.05, 4.69) is 21.1 Å². The molecule has 0 saturated heterocycles. The number of carbonyl (C=O) groups excluding carboxylic acids is 1. The van der Waals surface area contributed by atoms with Gasteiger partial charge < -0.3 is 16.0 Å². The molecule has 152 valence electrons. The first-order chi connectivity index (χ1) is 13.7. The van der Waals surface area contributed by atoms with E-state index < -0.39 is 17.1 Å². The second kappa shape index (κ2) is 7.18. The quantitative estimate of drug-likeness (QED) is 0.700. The van der Waals surface area contributed by atoms with Gasteiger partial charge in [0.1, 0.15) is 6.17 Å². The normalized spacial score (nSPS) is 23.3. The molecule has 0 radical (unpaired) electrons. The maximum absolute atomic E-state index is 13.4. The van der Waals surface area contributed by atoms with Gasteiger partial charge in [0.2, 0.25) is 0 Å². The van der Waals surface area contributed by atoms with E-state index >= 15 is 0 Å². The molecule has 0 saturated carbocycles. The van der Waals surface area contributed by atoms with Crippen molar-refractivity contribution in [2.24, 2.45) is 5.10 Å². The zero-order valence-corrected chi connectivity index (χ0v) is 16.4. The van der Waals surface area contributed by atoms with Crippen LogP contribution < -0.4 is 16.0 Å². The van der Waals surface area contributed by atoms with Crippen molar-refractivity contribution in [1.29, 1.82) is 0 Å². The average molecular weight is 421 g/mol. The zero-order chi connectivity index (χ0) is 20.8. The molecule has 10 heteroatoms. The van der Waals surface area contributed by atoms with Gasteiger partial charge in [0.25, 0.3) is 5.91 Å². The maximum Gasteiger partial charge on any atom is 0.417 e. The molecule has 3 heterocycles. The highest BCUT2D eigenvalue weighted by atomic mass is 32.2. The highest BCUT2D eigenvalue weighted by molar-refractivity contribution is 8.04. The number of benzene rings is 1. The molecule has 3 aliphatic heterocycles. The Morgan fingerprint density at radius 2 is 2.03 bits per heavy atom. The number of hydrogen-bond donors (Lipinski definition) is 3. The third kappa shape index (κ3) is 3.71. The number of thioether (sulfide) groups is 1. The van der Waals surface area contributed by atoms with E-state index in [1.807, 2.05) is 6.92 Å². The first-order valence-electron chi connectivity index (χ1n) is 8.84. The number of halogens is 3. The summed E-state index contributed by atoms with van der Waals surface area (Å²) >= 11 is 1.39. The number of hydrazone groups is 1. The summed E-state index contributed by atoms with van der Waals surface area (Å²) in [5.74, 6) is 0.153. The number of allylic oxidation sites excluding steroid dienone is 3. The fraction of sp³-hybridized carbons (Fsp3) is 0.263. The van der Waals surface area contributed by atoms with Crippen LogP contribution in [0.4, 0.5) is 13.2 Å². The highest BCUT2D eigenvalue weighted by Crippen LogP contribution is 2.34. The van der Waals surface area contributed by atoms with E-state index in [-0.39, 0.29) is 23.3 Å². The van der Waals surface area contributed by atoms with Crippen LogP contribution in [0.25, 0.3) is 0 Å². The predicted octanol–water partition coefficient (Wildman–Crippen LogP) is 3.04. The van der Waals surface area contributed by atoms with Gasteiger partial charge in [-0.25, -0.2) is 5.01 Å². The number of nitrogens with zero attached hydrogens (tertiary/aromatic N) is 2. The lowest BCUT2D eigenvalue weighted by Gasteiger charge is -2.27. The van der Waals surface area contributed by atoms with Crippen LogP contribution in [0.1, 0.15) is 25.0 Å². The first-order valence-corrected chi connectivity index (χ1v) is 9.72. The summed E-state index contributed by atoms with van der Waals surface area (Å²) < 4.78 is 40.2. The topological polar surface area (TPSA) is 68.8 Å². The Labute approximate surface area is 169 Å². The van der Waals surface area contributed by atoms with Gasteiger partial charge in [-0.05, 0) is 37.0 Å². The van der Waals surface area contributed by atoms with Gasteiger partial charge in [0.15, 0.2) is 11.2 Å². The molecule has 2 atom stereocenters. The Morgan fingerprint density at radius 1 is 1.28 bits per heavy atom. The molecule has 29 heavy (non-hydrogen) atoms. The molecule has 3 aliphatic rings. The summed E-state index contributed by atoms with van der Waals surface area (Å²) in [6.07, 6.45) is 0.160. The lowest BCUT2D eigenvalue weighted by Crippen LogP contribution is -2.43. The van der Waals surface area contributed by atoms with Gasteiger partial charge in [-0.3, -0.25) is 4.79 Å². The molecule has 0 spiro atoms. The number of fused-ring (bicyclic) bond motifs is 1. The van der Waals surface area contributed by atoms with Crippen molar-refractivity contribution in [1.82, 2.24) is 21.0 Å². The molecular weight excluding hydrogens is 403 g/mol. The monoisotopic (exact) mass is 421 g/mol. The molecule has 1 aromatic carbocycles. The third-order valence-corrected chi connectivity index (χ3v) is 5.67. The number of nitrogens with one attached hydrogen (secondary N) is 3. The van der Waals surface area contributed by atoms with Crippen molar-refractivity contribution < 1.29 is 18.0 Å². The fourth-order valence-corrected chi connectivity index (χ4v) is 4.05. The number of hydrogen-bond acceptors (Lipinski definition) is 6. The summed E-state index contributed by atoms with van der Waals surface area (Å²) in [6, 6.07) is 5.30. The van der Waals surface area contributed by atoms with E-state index in [9.17, 15) is 18.0 Å². The number of carbonyl (C=O) groups is 1. The second-order valence-corrected chi connectivity index (χ2v) is 8.05. The van der Waals surface area contributed by atoms with E-state index in [1.54, 1.807) is 25.3 Å². The number of alkyl halides is 3. The standard InChI is InChI=1S/C19H18F3N5OS/c1-10-9-23-18(29-10)17(28)25-16-11(2)24-15-8-7-14(26-27(15)16)12-5-3-4-6-13(12)19(20,21)22/h3-9,15,18,23-24H,1-2H3,(H,25,28). The van der Waals surface area contributed by atoms with Crippen molar-refractivity contribution in [3.8, 4) is 0 Å². The van der Waals surface area contributed by atoms with Gasteiger partial charge in [-0.1, -0.05) is 30.0 Å². The summed E-state index contributed by atoms with van der Waals surface area (Å²) in [5.41, 5.74) is 0.0734. The van der Waals surface area contributed by atoms with Gasteiger partial charge >= 0.3 is 6.18 Å². The fourth-order valence-electron chi connectivity index (χ4n) is 3.24. The Bertz CT molecular complexity index is 982. The minimum absolute atomic E-state index is 0.0160. The van der Waals surface area contributed by atoms with Crippen molar-refractivity contribution >= 4 is 23.4 Å². The van der Waals surface area contributed by atoms with Crippen LogP contribution in [-0.2, 0) is 11.0 Å². The Kier molecular flexibility index (Phi) is 4.81. The van der Waals surface area contributed by atoms with E-state index in [0.717, 1.165) is 11.0 Å². The SMILES string of the molecule is CC1=CNC(C(=O)NC2=C(C)NC3C=CC(c4ccccc4C(F)(F)F)=NN23)S1. The summed E-state index contributed by atoms with van der Waals surface area (Å²) in [4.78, 5) is 13.6. The molecule has 6 nitrogen and oxygen atoms in total. The second-order valence-electron chi connectivity index (χ2n) is 6.70. The average Bonchev–Trinajstić information content (AvgIpc) is 3.24. The molecule has 1 amide bonds. The van der Waals surface area contributed by atoms with Crippen LogP contribution in [0.2, 0.25) is 0 Å². The van der Waals surface area contributed by atoms with Crippen LogP contribution in [0.5, 0.6) is 0 Å². The maximum atomic E-state index is 13.4. The Balaban J connectivity index is 1.61. The smallest absolute Gasteiger partial charge is 0.371 e. The molecule has 0 aliphatic carbocycles. The lowest BCUT2D eigenvalue weighted by atomic mass is 10.0.